The van der Waals surface area contributed by atoms with E-state index in [0.717, 1.165) is 16.9 Å². The first-order chi connectivity index (χ1) is 15.4. The number of nitrogens with zero attached hydrogens (tertiary/aromatic N) is 2. The number of fused-ring (bicyclic) bond motifs is 1. The number of methoxy groups -OCH3 is 1. The van der Waals surface area contributed by atoms with E-state index in [4.69, 9.17) is 4.74 Å². The number of carbonyl (C=O) groups excluding carboxylic acids is 1. The van der Waals surface area contributed by atoms with E-state index in [1.54, 1.807) is 50.4 Å². The number of hydrogen-bond acceptors (Lipinski definition) is 5. The number of amidine groups is 1. The second kappa shape index (κ2) is 8.84. The molecule has 1 N–H and O–H groups in total. The molecular formula is C24H23N3O4S. The second-order valence-corrected chi connectivity index (χ2v) is 8.97. The highest BCUT2D eigenvalue weighted by atomic mass is 32.2. The third-order valence-electron chi connectivity index (χ3n) is 5.25. The van der Waals surface area contributed by atoms with Crippen LogP contribution in [0, 0.1) is 0 Å². The average Bonchev–Trinajstić information content (AvgIpc) is 2.80. The number of para-hydroxylation sites is 1. The van der Waals surface area contributed by atoms with Crippen molar-refractivity contribution in [3.05, 3.63) is 89.5 Å². The topological polar surface area (TPSA) is 88.1 Å². The van der Waals surface area contributed by atoms with Crippen molar-refractivity contribution in [1.29, 1.82) is 0 Å². The molecule has 0 bridgehead atoms. The van der Waals surface area contributed by atoms with Gasteiger partial charge in [-0.1, -0.05) is 36.4 Å². The normalized spacial score (nSPS) is 14.3. The van der Waals surface area contributed by atoms with Gasteiger partial charge in [-0.05, 0) is 54.4 Å². The molecule has 164 valence electrons. The number of benzene rings is 3. The lowest BCUT2D eigenvalue weighted by molar-refractivity contribution is 0.0951. The van der Waals surface area contributed by atoms with E-state index < -0.39 is 10.0 Å². The van der Waals surface area contributed by atoms with Crippen LogP contribution >= 0.6 is 0 Å². The summed E-state index contributed by atoms with van der Waals surface area (Å²) < 4.78 is 33.7. The summed E-state index contributed by atoms with van der Waals surface area (Å²) in [5.74, 6) is 1.01. The molecule has 1 heterocycles. The van der Waals surface area contributed by atoms with Gasteiger partial charge in [-0.2, -0.15) is 8.42 Å². The van der Waals surface area contributed by atoms with Crippen molar-refractivity contribution in [2.75, 3.05) is 12.0 Å². The van der Waals surface area contributed by atoms with Crippen molar-refractivity contribution < 1.29 is 17.9 Å². The molecular weight excluding hydrogens is 426 g/mol. The van der Waals surface area contributed by atoms with Crippen LogP contribution in [0.4, 0.5) is 5.69 Å². The van der Waals surface area contributed by atoms with Crippen LogP contribution in [0.1, 0.15) is 28.4 Å². The summed E-state index contributed by atoms with van der Waals surface area (Å²) in [5, 5.41) is 2.91. The van der Waals surface area contributed by atoms with Gasteiger partial charge in [-0.3, -0.25) is 4.79 Å². The Hall–Kier alpha value is -3.65. The standard InChI is InChI=1S/C24H23N3O4S/c1-17-26-32(29,30)23-6-4-3-5-22(23)27(17)16-19-7-11-20(12-8-19)24(28)25-15-18-9-13-21(31-2)14-10-18/h3-14H,15-16H2,1-2H3,(H,25,28). The molecule has 0 unspecified atom stereocenters. The number of sulfonamides is 1. The maximum atomic E-state index is 12.5. The molecule has 3 aromatic rings. The number of ether oxygens (including phenoxy) is 1. The van der Waals surface area contributed by atoms with Gasteiger partial charge >= 0.3 is 0 Å². The Morgan fingerprint density at radius 1 is 0.969 bits per heavy atom. The number of anilines is 1. The van der Waals surface area contributed by atoms with E-state index in [0.29, 0.717) is 30.2 Å². The fraction of sp³-hybridized carbons (Fsp3) is 0.167. The fourth-order valence-corrected chi connectivity index (χ4v) is 4.75. The summed E-state index contributed by atoms with van der Waals surface area (Å²) in [6, 6.07) is 21.6. The molecule has 0 spiro atoms. The summed E-state index contributed by atoms with van der Waals surface area (Å²) in [7, 11) is -2.07. The van der Waals surface area contributed by atoms with Gasteiger partial charge in [-0.25, -0.2) is 0 Å². The number of amides is 1. The molecule has 0 saturated heterocycles. The summed E-state index contributed by atoms with van der Waals surface area (Å²) in [4.78, 5) is 14.5. The Bertz CT molecular complexity index is 1270. The first kappa shape index (κ1) is 21.6. The zero-order valence-corrected chi connectivity index (χ0v) is 18.6. The highest BCUT2D eigenvalue weighted by Gasteiger charge is 2.28. The van der Waals surface area contributed by atoms with Crippen LogP contribution in [-0.2, 0) is 23.1 Å². The third kappa shape index (κ3) is 4.50. The van der Waals surface area contributed by atoms with Gasteiger partial charge in [0.25, 0.3) is 15.9 Å². The Morgan fingerprint density at radius 2 is 1.62 bits per heavy atom. The molecule has 1 amide bonds. The van der Waals surface area contributed by atoms with Crippen molar-refractivity contribution in [2.45, 2.75) is 24.9 Å². The number of carbonyl (C=O) groups is 1. The lowest BCUT2D eigenvalue weighted by Crippen LogP contribution is -2.33. The van der Waals surface area contributed by atoms with Crippen LogP contribution in [0.3, 0.4) is 0 Å². The summed E-state index contributed by atoms with van der Waals surface area (Å²) >= 11 is 0. The number of nitrogens with one attached hydrogen (secondary N) is 1. The molecule has 1 aliphatic rings. The molecule has 4 rings (SSSR count). The zero-order chi connectivity index (χ0) is 22.7. The van der Waals surface area contributed by atoms with Crippen LogP contribution in [0.5, 0.6) is 5.75 Å². The molecule has 0 atom stereocenters. The number of rotatable bonds is 6. The maximum Gasteiger partial charge on any atom is 0.286 e. The van der Waals surface area contributed by atoms with E-state index in [2.05, 4.69) is 9.71 Å². The van der Waals surface area contributed by atoms with Gasteiger partial charge in [0.15, 0.2) is 0 Å². The van der Waals surface area contributed by atoms with E-state index in [9.17, 15) is 13.2 Å². The van der Waals surface area contributed by atoms with Gasteiger partial charge < -0.3 is 15.0 Å². The van der Waals surface area contributed by atoms with Gasteiger partial charge in [0, 0.05) is 18.7 Å². The van der Waals surface area contributed by atoms with Gasteiger partial charge in [-0.15, -0.1) is 4.40 Å². The van der Waals surface area contributed by atoms with Crippen LogP contribution in [0.2, 0.25) is 0 Å². The van der Waals surface area contributed by atoms with E-state index in [1.807, 2.05) is 41.3 Å². The van der Waals surface area contributed by atoms with E-state index >= 15 is 0 Å². The average molecular weight is 450 g/mol. The summed E-state index contributed by atoms with van der Waals surface area (Å²) in [6.07, 6.45) is 0. The molecule has 0 aliphatic carbocycles. The largest absolute Gasteiger partial charge is 0.497 e. The van der Waals surface area contributed by atoms with Crippen molar-refractivity contribution in [3.63, 3.8) is 0 Å². The lowest BCUT2D eigenvalue weighted by Gasteiger charge is -2.29. The number of hydrogen-bond donors (Lipinski definition) is 1. The van der Waals surface area contributed by atoms with Crippen LogP contribution in [-0.4, -0.2) is 27.3 Å². The van der Waals surface area contributed by atoms with Crippen molar-refractivity contribution >= 4 is 27.5 Å². The Balaban J connectivity index is 1.44. The van der Waals surface area contributed by atoms with Crippen LogP contribution in [0.25, 0.3) is 0 Å². The summed E-state index contributed by atoms with van der Waals surface area (Å²) in [5.41, 5.74) is 3.06. The first-order valence-electron chi connectivity index (χ1n) is 10.1. The smallest absolute Gasteiger partial charge is 0.286 e. The predicted molar refractivity (Wildman–Crippen MR) is 124 cm³/mol. The molecule has 3 aromatic carbocycles. The van der Waals surface area contributed by atoms with E-state index in [1.165, 1.54) is 0 Å². The Morgan fingerprint density at radius 3 is 2.31 bits per heavy atom. The highest BCUT2D eigenvalue weighted by molar-refractivity contribution is 7.90. The molecule has 7 nitrogen and oxygen atoms in total. The van der Waals surface area contributed by atoms with Crippen molar-refractivity contribution in [1.82, 2.24) is 5.32 Å². The highest BCUT2D eigenvalue weighted by Crippen LogP contribution is 2.32. The SMILES string of the molecule is COc1ccc(CNC(=O)c2ccc(CN3C(C)=NS(=O)(=O)c4ccccc43)cc2)cc1. The lowest BCUT2D eigenvalue weighted by atomic mass is 10.1. The third-order valence-corrected chi connectivity index (χ3v) is 6.65. The Labute approximate surface area is 187 Å². The van der Waals surface area contributed by atoms with Crippen molar-refractivity contribution in [3.8, 4) is 5.75 Å². The van der Waals surface area contributed by atoms with E-state index in [-0.39, 0.29) is 10.8 Å². The molecule has 0 aromatic heterocycles. The minimum Gasteiger partial charge on any atom is -0.497 e. The van der Waals surface area contributed by atoms with Crippen LogP contribution < -0.4 is 15.0 Å². The summed E-state index contributed by atoms with van der Waals surface area (Å²) in [6.45, 7) is 2.53. The second-order valence-electron chi connectivity index (χ2n) is 7.40. The minimum absolute atomic E-state index is 0.167. The van der Waals surface area contributed by atoms with Crippen molar-refractivity contribution in [2.24, 2.45) is 4.40 Å². The molecule has 32 heavy (non-hydrogen) atoms. The van der Waals surface area contributed by atoms with Gasteiger partial charge in [0.05, 0.1) is 12.8 Å². The van der Waals surface area contributed by atoms with Gasteiger partial charge in [0.1, 0.15) is 16.5 Å². The quantitative estimate of drug-likeness (QED) is 0.619. The molecule has 0 radical (unpaired) electrons. The molecule has 8 heteroatoms. The zero-order valence-electron chi connectivity index (χ0n) is 17.8. The first-order valence-corrected chi connectivity index (χ1v) is 11.5. The molecule has 0 saturated carbocycles. The monoisotopic (exact) mass is 449 g/mol. The predicted octanol–water partition coefficient (Wildman–Crippen LogP) is 3.75. The van der Waals surface area contributed by atoms with Crippen LogP contribution in [0.15, 0.2) is 82.1 Å². The molecule has 1 aliphatic heterocycles. The Kier molecular flexibility index (Phi) is 5.96. The maximum absolute atomic E-state index is 12.5. The minimum atomic E-state index is -3.68. The fourth-order valence-electron chi connectivity index (χ4n) is 3.52. The molecule has 0 fully saturated rings. The van der Waals surface area contributed by atoms with Gasteiger partial charge in [0.2, 0.25) is 0 Å².